The third kappa shape index (κ3) is 2.89. The van der Waals surface area contributed by atoms with E-state index in [1.165, 1.54) is 25.7 Å². The minimum absolute atomic E-state index is 0.0764. The molecule has 2 nitrogen and oxygen atoms in total. The summed E-state index contributed by atoms with van der Waals surface area (Å²) < 4.78 is 0. The lowest BCUT2D eigenvalue weighted by Crippen LogP contribution is -2.14. The number of thioether (sulfide) groups is 1. The van der Waals surface area contributed by atoms with Crippen LogP contribution in [0.1, 0.15) is 32.6 Å². The average Bonchev–Trinajstić information content (AvgIpc) is 2.43. The standard InChI is InChI=1S/C16H18ClNOS/c1-10-2-4-12(5-3-10)20-15-8-11-6-7-18-16(19)13(11)9-14(15)17/h6-10,12H,2-5H2,1H3,(H,18,19)/t10-,12+. The third-order valence-corrected chi connectivity index (χ3v) is 5.90. The van der Waals surface area contributed by atoms with E-state index in [2.05, 4.69) is 18.0 Å². The third-order valence-electron chi connectivity index (χ3n) is 4.08. The summed E-state index contributed by atoms with van der Waals surface area (Å²) in [5.41, 5.74) is -0.0764. The van der Waals surface area contributed by atoms with Crippen molar-refractivity contribution in [3.8, 4) is 0 Å². The Morgan fingerprint density at radius 2 is 2.00 bits per heavy atom. The van der Waals surface area contributed by atoms with Crippen LogP contribution in [0.15, 0.2) is 34.1 Å². The van der Waals surface area contributed by atoms with Gasteiger partial charge in [-0.1, -0.05) is 18.5 Å². The molecule has 0 unspecified atom stereocenters. The zero-order valence-corrected chi connectivity index (χ0v) is 13.1. The maximum Gasteiger partial charge on any atom is 0.255 e. The summed E-state index contributed by atoms with van der Waals surface area (Å²) in [6.45, 7) is 2.33. The minimum atomic E-state index is -0.0764. The number of aromatic nitrogens is 1. The maximum absolute atomic E-state index is 11.7. The first-order valence-electron chi connectivity index (χ1n) is 7.11. The number of halogens is 1. The van der Waals surface area contributed by atoms with Crippen LogP contribution in [-0.4, -0.2) is 10.2 Å². The van der Waals surface area contributed by atoms with E-state index in [4.69, 9.17) is 11.6 Å². The Morgan fingerprint density at radius 3 is 2.75 bits per heavy atom. The molecule has 0 amide bonds. The molecule has 1 saturated carbocycles. The zero-order valence-electron chi connectivity index (χ0n) is 11.5. The highest BCUT2D eigenvalue weighted by molar-refractivity contribution is 8.00. The molecule has 20 heavy (non-hydrogen) atoms. The number of hydrogen-bond acceptors (Lipinski definition) is 2. The molecular weight excluding hydrogens is 290 g/mol. The largest absolute Gasteiger partial charge is 0.329 e. The van der Waals surface area contributed by atoms with Gasteiger partial charge in [-0.15, -0.1) is 11.8 Å². The Kier molecular flexibility index (Phi) is 4.08. The zero-order chi connectivity index (χ0) is 14.1. The molecule has 0 aliphatic heterocycles. The summed E-state index contributed by atoms with van der Waals surface area (Å²) in [6.07, 6.45) is 6.82. The normalized spacial score (nSPS) is 23.1. The van der Waals surface area contributed by atoms with Crippen molar-refractivity contribution in [2.75, 3.05) is 0 Å². The van der Waals surface area contributed by atoms with Crippen LogP contribution in [0.3, 0.4) is 0 Å². The van der Waals surface area contributed by atoms with Gasteiger partial charge in [0.05, 0.1) is 5.02 Å². The average molecular weight is 308 g/mol. The predicted molar refractivity (Wildman–Crippen MR) is 86.9 cm³/mol. The van der Waals surface area contributed by atoms with Crippen molar-refractivity contribution < 1.29 is 0 Å². The van der Waals surface area contributed by atoms with Crippen molar-refractivity contribution in [2.24, 2.45) is 5.92 Å². The molecule has 3 rings (SSSR count). The SMILES string of the molecule is C[C@H]1CC[C@@H](Sc2cc3cc[nH]c(=O)c3cc2Cl)CC1. The van der Waals surface area contributed by atoms with Crippen LogP contribution in [0.5, 0.6) is 0 Å². The second kappa shape index (κ2) is 5.82. The number of fused-ring (bicyclic) bond motifs is 1. The highest BCUT2D eigenvalue weighted by Gasteiger charge is 2.20. The Morgan fingerprint density at radius 1 is 1.25 bits per heavy atom. The Labute approximate surface area is 127 Å². The van der Waals surface area contributed by atoms with Crippen molar-refractivity contribution in [2.45, 2.75) is 42.8 Å². The van der Waals surface area contributed by atoms with Crippen molar-refractivity contribution >= 4 is 34.1 Å². The lowest BCUT2D eigenvalue weighted by Gasteiger charge is -2.25. The highest BCUT2D eigenvalue weighted by Crippen LogP contribution is 2.39. The highest BCUT2D eigenvalue weighted by atomic mass is 35.5. The van der Waals surface area contributed by atoms with Crippen LogP contribution < -0.4 is 5.56 Å². The van der Waals surface area contributed by atoms with Gasteiger partial charge in [0, 0.05) is 21.7 Å². The number of rotatable bonds is 2. The van der Waals surface area contributed by atoms with Gasteiger partial charge in [0.2, 0.25) is 0 Å². The topological polar surface area (TPSA) is 32.9 Å². The molecule has 1 aliphatic rings. The van der Waals surface area contributed by atoms with E-state index < -0.39 is 0 Å². The number of H-pyrrole nitrogens is 1. The fourth-order valence-corrected chi connectivity index (χ4v) is 4.34. The van der Waals surface area contributed by atoms with Crippen LogP contribution in [0.25, 0.3) is 10.8 Å². The van der Waals surface area contributed by atoms with Crippen LogP contribution in [0, 0.1) is 5.92 Å². The first kappa shape index (κ1) is 14.0. The molecule has 1 aromatic heterocycles. The summed E-state index contributed by atoms with van der Waals surface area (Å²) in [7, 11) is 0. The summed E-state index contributed by atoms with van der Waals surface area (Å²) in [5.74, 6) is 0.859. The van der Waals surface area contributed by atoms with Gasteiger partial charge in [0.15, 0.2) is 0 Å². The quantitative estimate of drug-likeness (QED) is 0.860. The van der Waals surface area contributed by atoms with Gasteiger partial charge in [-0.2, -0.15) is 0 Å². The molecular formula is C16H18ClNOS. The molecule has 1 aromatic carbocycles. The van der Waals surface area contributed by atoms with Crippen LogP contribution in [0.4, 0.5) is 0 Å². The van der Waals surface area contributed by atoms with Crippen LogP contribution in [0.2, 0.25) is 5.02 Å². The van der Waals surface area contributed by atoms with Gasteiger partial charge in [-0.05, 0) is 55.2 Å². The lowest BCUT2D eigenvalue weighted by atomic mass is 9.91. The first-order chi connectivity index (χ1) is 9.63. The molecule has 0 saturated heterocycles. The number of aromatic amines is 1. The molecule has 0 spiro atoms. The summed E-state index contributed by atoms with van der Waals surface area (Å²) >= 11 is 8.22. The predicted octanol–water partition coefficient (Wildman–Crippen LogP) is 4.85. The van der Waals surface area contributed by atoms with Crippen LogP contribution in [-0.2, 0) is 0 Å². The summed E-state index contributed by atoms with van der Waals surface area (Å²) in [6, 6.07) is 5.78. The number of pyridine rings is 1. The fraction of sp³-hybridized carbons (Fsp3) is 0.438. The van der Waals surface area contributed by atoms with Crippen LogP contribution >= 0.6 is 23.4 Å². The van der Waals surface area contributed by atoms with Gasteiger partial charge in [-0.25, -0.2) is 0 Å². The van der Waals surface area contributed by atoms with E-state index in [-0.39, 0.29) is 5.56 Å². The van der Waals surface area contributed by atoms with Crippen molar-refractivity contribution in [3.63, 3.8) is 0 Å². The van der Waals surface area contributed by atoms with Gasteiger partial charge >= 0.3 is 0 Å². The second-order valence-electron chi connectivity index (χ2n) is 5.68. The molecule has 4 heteroatoms. The summed E-state index contributed by atoms with van der Waals surface area (Å²) in [5, 5.41) is 2.98. The molecule has 0 atom stereocenters. The van der Waals surface area contributed by atoms with Crippen molar-refractivity contribution in [1.29, 1.82) is 0 Å². The van der Waals surface area contributed by atoms with E-state index >= 15 is 0 Å². The van der Waals surface area contributed by atoms with Crippen molar-refractivity contribution in [3.05, 3.63) is 39.8 Å². The maximum atomic E-state index is 11.7. The molecule has 1 heterocycles. The smallest absolute Gasteiger partial charge is 0.255 e. The fourth-order valence-electron chi connectivity index (χ4n) is 2.81. The van der Waals surface area contributed by atoms with Gasteiger partial charge in [0.25, 0.3) is 5.56 Å². The molecule has 106 valence electrons. The molecule has 0 bridgehead atoms. The van der Waals surface area contributed by atoms with Crippen molar-refractivity contribution in [1.82, 2.24) is 4.98 Å². The Balaban J connectivity index is 1.88. The summed E-state index contributed by atoms with van der Waals surface area (Å²) in [4.78, 5) is 15.5. The number of benzene rings is 1. The monoisotopic (exact) mass is 307 g/mol. The van der Waals surface area contributed by atoms with Gasteiger partial charge < -0.3 is 4.98 Å². The molecule has 0 radical (unpaired) electrons. The number of hydrogen-bond donors (Lipinski definition) is 1. The lowest BCUT2D eigenvalue weighted by molar-refractivity contribution is 0.393. The van der Waals surface area contributed by atoms with E-state index in [0.29, 0.717) is 15.7 Å². The van der Waals surface area contributed by atoms with E-state index in [1.54, 1.807) is 12.3 Å². The van der Waals surface area contributed by atoms with E-state index in [1.807, 2.05) is 17.8 Å². The molecule has 1 aliphatic carbocycles. The van der Waals surface area contributed by atoms with E-state index in [0.717, 1.165) is 16.2 Å². The molecule has 1 N–H and O–H groups in total. The Hall–Kier alpha value is -0.930. The molecule has 1 fully saturated rings. The van der Waals surface area contributed by atoms with E-state index in [9.17, 15) is 4.79 Å². The van der Waals surface area contributed by atoms with Gasteiger partial charge in [0.1, 0.15) is 0 Å². The first-order valence-corrected chi connectivity index (χ1v) is 8.37. The Bertz CT molecular complexity index is 674. The second-order valence-corrected chi connectivity index (χ2v) is 7.43. The molecule has 2 aromatic rings. The van der Waals surface area contributed by atoms with Gasteiger partial charge in [-0.3, -0.25) is 4.79 Å². The number of nitrogens with one attached hydrogen (secondary N) is 1. The minimum Gasteiger partial charge on any atom is -0.329 e.